The van der Waals surface area contributed by atoms with Crippen molar-refractivity contribution in [1.82, 2.24) is 0 Å². The molecule has 0 heterocycles. The lowest BCUT2D eigenvalue weighted by Crippen LogP contribution is -2.25. The molecule has 0 saturated heterocycles. The van der Waals surface area contributed by atoms with E-state index in [1.807, 2.05) is 0 Å². The molecule has 1 unspecified atom stereocenters. The van der Waals surface area contributed by atoms with Gasteiger partial charge in [-0.25, -0.2) is 0 Å². The molecule has 6 heteroatoms. The summed E-state index contributed by atoms with van der Waals surface area (Å²) in [4.78, 5) is 0. The summed E-state index contributed by atoms with van der Waals surface area (Å²) in [6.07, 6.45) is 1.28. The predicted molar refractivity (Wildman–Crippen MR) is 73.6 cm³/mol. The lowest BCUT2D eigenvalue weighted by Gasteiger charge is -2.17. The number of phenolic OH excluding ortho intramolecular Hbond substituents is 1. The zero-order valence-corrected chi connectivity index (χ0v) is 12.0. The molecule has 3 nitrogen and oxygen atoms in total. The molecule has 0 spiro atoms. The van der Waals surface area contributed by atoms with Crippen LogP contribution in [0.25, 0.3) is 0 Å². The van der Waals surface area contributed by atoms with Crippen LogP contribution in [-0.4, -0.2) is 20.6 Å². The molecule has 1 aromatic carbocycles. The van der Waals surface area contributed by atoms with E-state index >= 15 is 0 Å². The van der Waals surface area contributed by atoms with Gasteiger partial charge in [-0.1, -0.05) is 27.6 Å². The average molecular weight is 294 g/mol. The van der Waals surface area contributed by atoms with Crippen LogP contribution in [0.1, 0.15) is 26.3 Å². The summed E-state index contributed by atoms with van der Waals surface area (Å²) in [6.45, 7) is 5.42. The maximum Gasteiger partial charge on any atom is 0.144 e. The Morgan fingerprint density at radius 2 is 1.94 bits per heavy atom. The highest BCUT2D eigenvalue weighted by atomic mass is 35.5. The minimum Gasteiger partial charge on any atom is -0.591 e. The van der Waals surface area contributed by atoms with E-state index in [0.29, 0.717) is 5.02 Å². The predicted octanol–water partition coefficient (Wildman–Crippen LogP) is 3.58. The molecule has 0 saturated carbocycles. The molecule has 0 amide bonds. The summed E-state index contributed by atoms with van der Waals surface area (Å²) in [5, 5.41) is 10.1. The average Bonchev–Trinajstić information content (AvgIpc) is 2.22. The van der Waals surface area contributed by atoms with Gasteiger partial charge in [-0.15, -0.1) is 0 Å². The van der Waals surface area contributed by atoms with E-state index in [9.17, 15) is 9.66 Å². The zero-order valence-electron chi connectivity index (χ0n) is 9.70. The minimum absolute atomic E-state index is 0.0472. The number of benzene rings is 1. The smallest absolute Gasteiger partial charge is 0.144 e. The molecule has 0 aliphatic heterocycles. The third kappa shape index (κ3) is 3.78. The topological polar surface area (TPSA) is 55.7 Å². The van der Waals surface area contributed by atoms with Crippen LogP contribution in [-0.2, 0) is 11.4 Å². The second-order valence-corrected chi connectivity index (χ2v) is 7.11. The Balaban J connectivity index is 3.04. The molecule has 1 aromatic rings. The van der Waals surface area contributed by atoms with Gasteiger partial charge in [0.2, 0.25) is 0 Å². The molecule has 0 fully saturated rings. The van der Waals surface area contributed by atoms with Gasteiger partial charge in [-0.3, -0.25) is 0 Å². The van der Waals surface area contributed by atoms with Gasteiger partial charge in [-0.05, 0) is 32.9 Å². The van der Waals surface area contributed by atoms with Crippen molar-refractivity contribution < 1.29 is 9.66 Å². The van der Waals surface area contributed by atoms with Gasteiger partial charge < -0.3 is 9.66 Å². The van der Waals surface area contributed by atoms with Gasteiger partial charge in [0.25, 0.3) is 0 Å². The van der Waals surface area contributed by atoms with Crippen LogP contribution in [0.15, 0.2) is 16.5 Å². The summed E-state index contributed by atoms with van der Waals surface area (Å²) in [5.41, 5.74) is 0.275. The molecular formula is C11H13Cl2NO2S. The largest absolute Gasteiger partial charge is 0.591 e. The first-order chi connectivity index (χ1) is 7.73. The van der Waals surface area contributed by atoms with E-state index in [1.165, 1.54) is 18.3 Å². The molecule has 1 rings (SSSR count). The van der Waals surface area contributed by atoms with Gasteiger partial charge in [0, 0.05) is 0 Å². The van der Waals surface area contributed by atoms with Crippen molar-refractivity contribution in [3.63, 3.8) is 0 Å². The molecular weight excluding hydrogens is 281 g/mol. The second kappa shape index (κ2) is 5.48. The monoisotopic (exact) mass is 293 g/mol. The fraction of sp³-hybridized carbons (Fsp3) is 0.364. The van der Waals surface area contributed by atoms with E-state index in [-0.39, 0.29) is 16.3 Å². The maximum absolute atomic E-state index is 11.7. The van der Waals surface area contributed by atoms with Crippen molar-refractivity contribution in [3.05, 3.63) is 27.7 Å². The van der Waals surface area contributed by atoms with Crippen LogP contribution >= 0.6 is 23.2 Å². The molecule has 94 valence electrons. The molecule has 0 aliphatic rings. The third-order valence-corrected chi connectivity index (χ3v) is 4.07. The van der Waals surface area contributed by atoms with Crippen molar-refractivity contribution in [1.29, 1.82) is 0 Å². The lowest BCUT2D eigenvalue weighted by molar-refractivity contribution is 0.474. The van der Waals surface area contributed by atoms with E-state index in [2.05, 4.69) is 4.40 Å². The van der Waals surface area contributed by atoms with E-state index in [1.54, 1.807) is 20.8 Å². The van der Waals surface area contributed by atoms with E-state index in [4.69, 9.17) is 23.2 Å². The van der Waals surface area contributed by atoms with Crippen LogP contribution in [0.4, 0.5) is 0 Å². The first-order valence-electron chi connectivity index (χ1n) is 4.86. The molecule has 1 N–H and O–H groups in total. The summed E-state index contributed by atoms with van der Waals surface area (Å²) in [7, 11) is 0. The fourth-order valence-electron chi connectivity index (χ4n) is 0.938. The van der Waals surface area contributed by atoms with Gasteiger partial charge >= 0.3 is 0 Å². The summed E-state index contributed by atoms with van der Waals surface area (Å²) >= 11 is 10.3. The van der Waals surface area contributed by atoms with Crippen LogP contribution in [0.5, 0.6) is 5.75 Å². The quantitative estimate of drug-likeness (QED) is 0.669. The Morgan fingerprint density at radius 3 is 2.47 bits per heavy atom. The summed E-state index contributed by atoms with van der Waals surface area (Å²) in [5.74, 6) is -0.0472. The Hall–Kier alpha value is -0.420. The number of aromatic hydroxyl groups is 1. The molecule has 0 aliphatic carbocycles. The molecule has 17 heavy (non-hydrogen) atoms. The molecule has 1 atom stereocenters. The highest BCUT2D eigenvalue weighted by Crippen LogP contribution is 2.31. The number of nitrogens with zero attached hydrogens (tertiary/aromatic N) is 1. The Bertz CT molecular complexity index is 444. The summed E-state index contributed by atoms with van der Waals surface area (Å²) in [6, 6.07) is 2.90. The van der Waals surface area contributed by atoms with Gasteiger partial charge in [0.1, 0.15) is 21.9 Å². The van der Waals surface area contributed by atoms with Crippen molar-refractivity contribution in [2.75, 3.05) is 0 Å². The van der Waals surface area contributed by atoms with Crippen LogP contribution < -0.4 is 0 Å². The third-order valence-electron chi connectivity index (χ3n) is 1.91. The van der Waals surface area contributed by atoms with Crippen LogP contribution in [0, 0.1) is 0 Å². The zero-order chi connectivity index (χ0) is 13.2. The fourth-order valence-corrected chi connectivity index (χ4v) is 1.83. The van der Waals surface area contributed by atoms with E-state index < -0.39 is 16.1 Å². The summed E-state index contributed by atoms with van der Waals surface area (Å²) < 4.78 is 15.1. The van der Waals surface area contributed by atoms with Gasteiger partial charge in [0.05, 0.1) is 21.8 Å². The Morgan fingerprint density at radius 1 is 1.35 bits per heavy atom. The normalized spacial score (nSPS) is 14.2. The van der Waals surface area contributed by atoms with Crippen molar-refractivity contribution >= 4 is 40.8 Å². The number of rotatable bonds is 2. The van der Waals surface area contributed by atoms with Crippen molar-refractivity contribution in [3.8, 4) is 5.75 Å². The van der Waals surface area contributed by atoms with Gasteiger partial charge in [-0.2, -0.15) is 0 Å². The first-order valence-corrected chi connectivity index (χ1v) is 6.73. The van der Waals surface area contributed by atoms with Crippen molar-refractivity contribution in [2.24, 2.45) is 4.40 Å². The number of hydrogen-bond acceptors (Lipinski definition) is 3. The molecule has 0 bridgehead atoms. The van der Waals surface area contributed by atoms with E-state index in [0.717, 1.165) is 0 Å². The molecule has 0 radical (unpaired) electrons. The maximum atomic E-state index is 11.7. The highest BCUT2D eigenvalue weighted by Gasteiger charge is 2.26. The number of halogens is 2. The number of phenols is 1. The minimum atomic E-state index is -1.40. The van der Waals surface area contributed by atoms with Crippen LogP contribution in [0.3, 0.4) is 0 Å². The number of hydrogen-bond donors (Lipinski definition) is 1. The van der Waals surface area contributed by atoms with Crippen molar-refractivity contribution in [2.45, 2.75) is 25.5 Å². The van der Waals surface area contributed by atoms with Gasteiger partial charge in [0.15, 0.2) is 0 Å². The SMILES string of the molecule is CC(C)(C)[S+]([O-])/N=C/c1c(O)ccc(Cl)c1Cl. The lowest BCUT2D eigenvalue weighted by atomic mass is 10.2. The standard InChI is InChI=1S/C11H13Cl2NO2S/c1-11(2,3)17(16)14-6-7-9(15)5-4-8(12)10(7)13/h4-6,15H,1-3H3/b14-6+. The van der Waals surface area contributed by atoms with Crippen LogP contribution in [0.2, 0.25) is 10.0 Å². The highest BCUT2D eigenvalue weighted by molar-refractivity contribution is 7.91. The first kappa shape index (κ1) is 14.6. The Labute approximate surface area is 114 Å². The second-order valence-electron chi connectivity index (χ2n) is 4.39. The Kier molecular flexibility index (Phi) is 4.72. The molecule has 0 aromatic heterocycles.